The topological polar surface area (TPSA) is 103 Å². The molecule has 1 aliphatic heterocycles. The molecule has 1 aromatic heterocycles. The van der Waals surface area contributed by atoms with E-state index in [1.165, 1.54) is 11.2 Å². The van der Waals surface area contributed by atoms with Crippen LogP contribution >= 0.6 is 0 Å². The van der Waals surface area contributed by atoms with Crippen LogP contribution in [0, 0.1) is 10.1 Å². The smallest absolute Gasteiger partial charge is 0.353 e. The number of hydrogen-bond donors (Lipinski definition) is 2. The molecule has 0 amide bonds. The maximum Gasteiger partial charge on any atom is 0.353 e. The Balaban J connectivity index is 2.24. The first-order valence-electron chi connectivity index (χ1n) is 5.96. The predicted octanol–water partition coefficient (Wildman–Crippen LogP) is -1.31. The van der Waals surface area contributed by atoms with Crippen LogP contribution in [0.15, 0.2) is 6.33 Å². The van der Waals surface area contributed by atoms with Crippen LogP contribution in [0.25, 0.3) is 0 Å². The molecular weight excluding hydrogens is 236 g/mol. The van der Waals surface area contributed by atoms with Gasteiger partial charge in [0.2, 0.25) is 11.6 Å². The summed E-state index contributed by atoms with van der Waals surface area (Å²) in [7, 11) is 0. The number of anilines is 2. The molecule has 1 saturated heterocycles. The standard InChI is InChI=1S/C10H16N6O2/c1-2-14-3-5-15(6-4-14)10-8(16(17)18)9(11)12-7-13-10/h7H,2-6H2,1H3,(H2,11,12,13)/p+1. The van der Waals surface area contributed by atoms with Gasteiger partial charge in [-0.1, -0.05) is 0 Å². The lowest BCUT2D eigenvalue weighted by Gasteiger charge is -2.31. The van der Waals surface area contributed by atoms with E-state index in [4.69, 9.17) is 5.73 Å². The Morgan fingerprint density at radius 1 is 1.50 bits per heavy atom. The van der Waals surface area contributed by atoms with E-state index in [2.05, 4.69) is 16.9 Å². The van der Waals surface area contributed by atoms with Crippen LogP contribution in [-0.4, -0.2) is 47.6 Å². The van der Waals surface area contributed by atoms with Crippen LogP contribution in [-0.2, 0) is 0 Å². The Bertz CT molecular complexity index is 444. The second kappa shape index (κ2) is 5.13. The number of nitrogen functional groups attached to an aromatic ring is 1. The number of quaternary nitrogens is 1. The van der Waals surface area contributed by atoms with E-state index in [-0.39, 0.29) is 11.5 Å². The van der Waals surface area contributed by atoms with Gasteiger partial charge in [-0.2, -0.15) is 0 Å². The van der Waals surface area contributed by atoms with Crippen LogP contribution in [0.1, 0.15) is 6.92 Å². The molecule has 2 heterocycles. The number of nitrogens with one attached hydrogen (secondary N) is 1. The second-order valence-electron chi connectivity index (χ2n) is 4.28. The van der Waals surface area contributed by atoms with Crippen molar-refractivity contribution in [2.24, 2.45) is 0 Å². The van der Waals surface area contributed by atoms with Crippen molar-refractivity contribution < 1.29 is 9.82 Å². The normalized spacial score (nSPS) is 16.8. The third-order valence-corrected chi connectivity index (χ3v) is 3.28. The summed E-state index contributed by atoms with van der Waals surface area (Å²) in [5, 5.41) is 11.0. The number of hydrogen-bond acceptors (Lipinski definition) is 6. The number of aromatic nitrogens is 2. The number of nitrogens with two attached hydrogens (primary N) is 1. The summed E-state index contributed by atoms with van der Waals surface area (Å²) >= 11 is 0. The van der Waals surface area contributed by atoms with E-state index < -0.39 is 4.92 Å². The number of piperazine rings is 1. The lowest BCUT2D eigenvalue weighted by atomic mass is 10.3. The molecule has 3 N–H and O–H groups in total. The third kappa shape index (κ3) is 2.33. The Labute approximate surface area is 105 Å². The largest absolute Gasteiger partial charge is 0.378 e. The number of rotatable bonds is 3. The lowest BCUT2D eigenvalue weighted by molar-refractivity contribution is -0.898. The first-order valence-corrected chi connectivity index (χ1v) is 5.96. The maximum atomic E-state index is 11.0. The minimum absolute atomic E-state index is 0.0738. The fourth-order valence-corrected chi connectivity index (χ4v) is 2.18. The molecule has 8 heteroatoms. The van der Waals surface area contributed by atoms with E-state index >= 15 is 0 Å². The minimum atomic E-state index is -0.510. The molecule has 0 saturated carbocycles. The number of likely N-dealkylation sites (N-methyl/N-ethyl adjacent to an activating group) is 1. The highest BCUT2D eigenvalue weighted by Crippen LogP contribution is 2.29. The van der Waals surface area contributed by atoms with Crippen molar-refractivity contribution in [3.8, 4) is 0 Å². The summed E-state index contributed by atoms with van der Waals surface area (Å²) in [6.07, 6.45) is 1.27. The van der Waals surface area contributed by atoms with Gasteiger partial charge in [0.1, 0.15) is 6.33 Å². The van der Waals surface area contributed by atoms with Crippen LogP contribution in [0.3, 0.4) is 0 Å². The van der Waals surface area contributed by atoms with Gasteiger partial charge >= 0.3 is 5.69 Å². The highest BCUT2D eigenvalue weighted by molar-refractivity contribution is 5.68. The van der Waals surface area contributed by atoms with Crippen LogP contribution in [0.4, 0.5) is 17.3 Å². The summed E-state index contributed by atoms with van der Waals surface area (Å²) in [5.74, 6) is 0.262. The van der Waals surface area contributed by atoms with Crippen molar-refractivity contribution in [2.45, 2.75) is 6.92 Å². The molecule has 0 unspecified atom stereocenters. The molecule has 0 radical (unpaired) electrons. The van der Waals surface area contributed by atoms with Crippen LogP contribution in [0.2, 0.25) is 0 Å². The molecule has 0 aromatic carbocycles. The molecule has 18 heavy (non-hydrogen) atoms. The van der Waals surface area contributed by atoms with Gasteiger partial charge in [-0.15, -0.1) is 0 Å². The summed E-state index contributed by atoms with van der Waals surface area (Å²) in [5.41, 5.74) is 5.37. The second-order valence-corrected chi connectivity index (χ2v) is 4.28. The zero-order chi connectivity index (χ0) is 13.1. The molecular formula is C10H17N6O2+. The van der Waals surface area contributed by atoms with E-state index in [9.17, 15) is 10.1 Å². The monoisotopic (exact) mass is 253 g/mol. The SMILES string of the molecule is CC[NH+]1CCN(c2ncnc(N)c2[N+](=O)[O-])CC1. The lowest BCUT2D eigenvalue weighted by Crippen LogP contribution is -3.14. The van der Waals surface area contributed by atoms with Crippen LogP contribution < -0.4 is 15.5 Å². The van der Waals surface area contributed by atoms with Gasteiger partial charge in [-0.3, -0.25) is 10.1 Å². The van der Waals surface area contributed by atoms with E-state index in [0.29, 0.717) is 5.82 Å². The van der Waals surface area contributed by atoms with Gasteiger partial charge in [0.15, 0.2) is 0 Å². The van der Waals surface area contributed by atoms with Gasteiger partial charge < -0.3 is 15.5 Å². The average molecular weight is 253 g/mol. The maximum absolute atomic E-state index is 11.0. The fourth-order valence-electron chi connectivity index (χ4n) is 2.18. The molecule has 0 aliphatic carbocycles. The van der Waals surface area contributed by atoms with E-state index in [1.54, 1.807) is 0 Å². The Morgan fingerprint density at radius 2 is 2.17 bits per heavy atom. The Kier molecular flexibility index (Phi) is 3.56. The molecule has 98 valence electrons. The van der Waals surface area contributed by atoms with Gasteiger partial charge in [0.25, 0.3) is 0 Å². The summed E-state index contributed by atoms with van der Waals surface area (Å²) < 4.78 is 0. The first-order chi connectivity index (χ1) is 8.63. The molecule has 2 rings (SSSR count). The van der Waals surface area contributed by atoms with Gasteiger partial charge in [0.05, 0.1) is 37.6 Å². The predicted molar refractivity (Wildman–Crippen MR) is 66.5 cm³/mol. The number of nitro groups is 1. The summed E-state index contributed by atoms with van der Waals surface area (Å²) in [6, 6.07) is 0. The molecule has 8 nitrogen and oxygen atoms in total. The average Bonchev–Trinajstić information content (AvgIpc) is 2.38. The highest BCUT2D eigenvalue weighted by atomic mass is 16.6. The van der Waals surface area contributed by atoms with Crippen molar-refractivity contribution in [1.29, 1.82) is 0 Å². The zero-order valence-corrected chi connectivity index (χ0v) is 10.3. The van der Waals surface area contributed by atoms with E-state index in [1.807, 2.05) is 4.90 Å². The summed E-state index contributed by atoms with van der Waals surface area (Å²) in [4.78, 5) is 21.6. The van der Waals surface area contributed by atoms with Gasteiger partial charge in [0, 0.05) is 0 Å². The summed E-state index contributed by atoms with van der Waals surface area (Å²) in [6.45, 7) is 6.62. The van der Waals surface area contributed by atoms with Gasteiger partial charge in [-0.25, -0.2) is 9.97 Å². The van der Waals surface area contributed by atoms with Crippen LogP contribution in [0.5, 0.6) is 0 Å². The quantitative estimate of drug-likeness (QED) is 0.512. The molecule has 0 spiro atoms. The van der Waals surface area contributed by atoms with Gasteiger partial charge in [-0.05, 0) is 6.92 Å². The highest BCUT2D eigenvalue weighted by Gasteiger charge is 2.28. The van der Waals surface area contributed by atoms with Crippen molar-refractivity contribution >= 4 is 17.3 Å². The van der Waals surface area contributed by atoms with Crippen molar-refractivity contribution in [1.82, 2.24) is 9.97 Å². The molecule has 0 bridgehead atoms. The third-order valence-electron chi connectivity index (χ3n) is 3.28. The first kappa shape index (κ1) is 12.5. The number of nitrogens with zero attached hydrogens (tertiary/aromatic N) is 4. The zero-order valence-electron chi connectivity index (χ0n) is 10.3. The Morgan fingerprint density at radius 3 is 2.72 bits per heavy atom. The molecule has 1 fully saturated rings. The molecule has 1 aromatic rings. The van der Waals surface area contributed by atoms with E-state index in [0.717, 1.165) is 32.7 Å². The van der Waals surface area contributed by atoms with Crippen molar-refractivity contribution in [2.75, 3.05) is 43.4 Å². The van der Waals surface area contributed by atoms with Crippen molar-refractivity contribution in [3.05, 3.63) is 16.4 Å². The Hall–Kier alpha value is -1.96. The molecule has 0 atom stereocenters. The molecule has 1 aliphatic rings. The van der Waals surface area contributed by atoms with Crippen molar-refractivity contribution in [3.63, 3.8) is 0 Å². The minimum Gasteiger partial charge on any atom is -0.378 e. The fraction of sp³-hybridized carbons (Fsp3) is 0.600.